The van der Waals surface area contributed by atoms with Crippen LogP contribution in [0, 0.1) is 5.92 Å². The summed E-state index contributed by atoms with van der Waals surface area (Å²) in [5, 5.41) is -0.710. The lowest BCUT2D eigenvalue weighted by atomic mass is 10.1. The van der Waals surface area contributed by atoms with Crippen molar-refractivity contribution in [2.45, 2.75) is 31.1 Å². The SMILES string of the molecule is COC(=O)C1CCCC1S(=O)(=O)NCc1ccccn1. The highest BCUT2D eigenvalue weighted by Gasteiger charge is 2.42. The second-order valence-electron chi connectivity index (χ2n) is 4.79. The number of nitrogens with zero attached hydrogens (tertiary/aromatic N) is 1. The number of aromatic nitrogens is 1. The molecule has 0 amide bonds. The van der Waals surface area contributed by atoms with Gasteiger partial charge in [-0.2, -0.15) is 0 Å². The van der Waals surface area contributed by atoms with Crippen LogP contribution in [0.2, 0.25) is 0 Å². The molecule has 1 aliphatic carbocycles. The van der Waals surface area contributed by atoms with E-state index in [9.17, 15) is 13.2 Å². The molecule has 0 spiro atoms. The van der Waals surface area contributed by atoms with Gasteiger partial charge in [0.05, 0.1) is 30.5 Å². The van der Waals surface area contributed by atoms with Gasteiger partial charge in [0.2, 0.25) is 10.0 Å². The Balaban J connectivity index is 2.04. The van der Waals surface area contributed by atoms with E-state index in [0.717, 1.165) is 6.42 Å². The molecule has 1 heterocycles. The number of methoxy groups -OCH3 is 1. The van der Waals surface area contributed by atoms with E-state index in [-0.39, 0.29) is 6.54 Å². The maximum absolute atomic E-state index is 12.3. The molecular formula is C13H18N2O4S. The van der Waals surface area contributed by atoms with Crippen LogP contribution in [0.1, 0.15) is 25.0 Å². The van der Waals surface area contributed by atoms with Gasteiger partial charge in [-0.15, -0.1) is 0 Å². The van der Waals surface area contributed by atoms with Crippen LogP contribution in [0.4, 0.5) is 0 Å². The molecule has 1 saturated carbocycles. The van der Waals surface area contributed by atoms with Crippen LogP contribution in [0.25, 0.3) is 0 Å². The summed E-state index contributed by atoms with van der Waals surface area (Å²) in [4.78, 5) is 15.7. The number of sulfonamides is 1. The molecule has 0 aromatic carbocycles. The number of nitrogens with one attached hydrogen (secondary N) is 1. The molecule has 20 heavy (non-hydrogen) atoms. The number of hydrogen-bond acceptors (Lipinski definition) is 5. The average Bonchev–Trinajstić information content (AvgIpc) is 2.96. The smallest absolute Gasteiger partial charge is 0.310 e. The molecule has 0 radical (unpaired) electrons. The van der Waals surface area contributed by atoms with Crippen LogP contribution in [-0.4, -0.2) is 31.7 Å². The molecule has 0 aliphatic heterocycles. The minimum absolute atomic E-state index is 0.133. The Kier molecular flexibility index (Phi) is 4.72. The maximum Gasteiger partial charge on any atom is 0.310 e. The zero-order valence-corrected chi connectivity index (χ0v) is 12.1. The third-order valence-corrected chi connectivity index (χ3v) is 5.44. The molecule has 0 saturated heterocycles. The second kappa shape index (κ2) is 6.32. The van der Waals surface area contributed by atoms with E-state index in [0.29, 0.717) is 18.5 Å². The summed E-state index contributed by atoms with van der Waals surface area (Å²) in [6.07, 6.45) is 3.37. The fraction of sp³-hybridized carbons (Fsp3) is 0.538. The van der Waals surface area contributed by atoms with Gasteiger partial charge in [0, 0.05) is 6.20 Å². The normalized spacial score (nSPS) is 22.6. The highest BCUT2D eigenvalue weighted by atomic mass is 32.2. The molecule has 110 valence electrons. The summed E-state index contributed by atoms with van der Waals surface area (Å²) >= 11 is 0. The fourth-order valence-corrected chi connectivity index (χ4v) is 4.22. The number of carbonyl (C=O) groups excluding carboxylic acids is 1. The van der Waals surface area contributed by atoms with Crippen molar-refractivity contribution in [1.82, 2.24) is 9.71 Å². The molecule has 2 unspecified atom stereocenters. The Morgan fingerprint density at radius 3 is 2.90 bits per heavy atom. The lowest BCUT2D eigenvalue weighted by Crippen LogP contribution is -2.39. The molecule has 1 fully saturated rings. The minimum atomic E-state index is -3.55. The zero-order valence-electron chi connectivity index (χ0n) is 11.3. The molecule has 0 bridgehead atoms. The van der Waals surface area contributed by atoms with E-state index in [1.54, 1.807) is 24.4 Å². The molecule has 2 rings (SSSR count). The molecular weight excluding hydrogens is 280 g/mol. The van der Waals surface area contributed by atoms with Gasteiger partial charge in [0.15, 0.2) is 0 Å². The largest absolute Gasteiger partial charge is 0.469 e. The van der Waals surface area contributed by atoms with Crippen molar-refractivity contribution in [2.75, 3.05) is 7.11 Å². The summed E-state index contributed by atoms with van der Waals surface area (Å²) in [6, 6.07) is 5.31. The highest BCUT2D eigenvalue weighted by Crippen LogP contribution is 2.31. The number of esters is 1. The predicted octanol–water partition coefficient (Wildman–Crippen LogP) is 0.843. The number of ether oxygens (including phenoxy) is 1. The van der Waals surface area contributed by atoms with Gasteiger partial charge in [-0.05, 0) is 25.0 Å². The van der Waals surface area contributed by atoms with Gasteiger partial charge in [0.1, 0.15) is 0 Å². The first-order chi connectivity index (χ1) is 9.54. The van der Waals surface area contributed by atoms with E-state index in [4.69, 9.17) is 0 Å². The van der Waals surface area contributed by atoms with Crippen LogP contribution < -0.4 is 4.72 Å². The molecule has 6 nitrogen and oxygen atoms in total. The Morgan fingerprint density at radius 1 is 1.45 bits per heavy atom. The van der Waals surface area contributed by atoms with E-state index in [2.05, 4.69) is 14.4 Å². The van der Waals surface area contributed by atoms with Crippen molar-refractivity contribution >= 4 is 16.0 Å². The van der Waals surface area contributed by atoms with E-state index in [1.807, 2.05) is 0 Å². The van der Waals surface area contributed by atoms with Gasteiger partial charge in [-0.25, -0.2) is 13.1 Å². The van der Waals surface area contributed by atoms with Crippen molar-refractivity contribution in [2.24, 2.45) is 5.92 Å². The van der Waals surface area contributed by atoms with E-state index >= 15 is 0 Å². The summed E-state index contributed by atoms with van der Waals surface area (Å²) in [5.41, 5.74) is 0.642. The summed E-state index contributed by atoms with van der Waals surface area (Å²) in [5.74, 6) is -1.02. The maximum atomic E-state index is 12.3. The minimum Gasteiger partial charge on any atom is -0.469 e. The number of pyridine rings is 1. The molecule has 1 aliphatic rings. The summed E-state index contributed by atoms with van der Waals surface area (Å²) < 4.78 is 31.8. The summed E-state index contributed by atoms with van der Waals surface area (Å²) in [7, 11) is -2.27. The van der Waals surface area contributed by atoms with Crippen LogP contribution in [0.5, 0.6) is 0 Å². The lowest BCUT2D eigenvalue weighted by Gasteiger charge is -2.18. The standard InChI is InChI=1S/C13H18N2O4S/c1-19-13(16)11-6-4-7-12(11)20(17,18)15-9-10-5-2-3-8-14-10/h2-3,5,8,11-12,15H,4,6-7,9H2,1H3. The first-order valence-electron chi connectivity index (χ1n) is 6.51. The quantitative estimate of drug-likeness (QED) is 0.814. The van der Waals surface area contributed by atoms with Crippen molar-refractivity contribution in [3.8, 4) is 0 Å². The molecule has 1 N–H and O–H groups in total. The molecule has 2 atom stereocenters. The van der Waals surface area contributed by atoms with Gasteiger partial charge in [-0.3, -0.25) is 9.78 Å². The topological polar surface area (TPSA) is 85.4 Å². The molecule has 1 aromatic rings. The number of carbonyl (C=O) groups is 1. The van der Waals surface area contributed by atoms with Gasteiger partial charge >= 0.3 is 5.97 Å². The van der Waals surface area contributed by atoms with Crippen LogP contribution >= 0.6 is 0 Å². The predicted molar refractivity (Wildman–Crippen MR) is 73.1 cm³/mol. The Labute approximate surface area is 118 Å². The van der Waals surface area contributed by atoms with Crippen LogP contribution in [0.15, 0.2) is 24.4 Å². The fourth-order valence-electron chi connectivity index (χ4n) is 2.50. The van der Waals surface area contributed by atoms with Gasteiger partial charge in [0.25, 0.3) is 0 Å². The highest BCUT2D eigenvalue weighted by molar-refractivity contribution is 7.90. The van der Waals surface area contributed by atoms with Crippen molar-refractivity contribution in [3.63, 3.8) is 0 Å². The Bertz CT molecular complexity index is 559. The first-order valence-corrected chi connectivity index (χ1v) is 8.05. The third kappa shape index (κ3) is 3.34. The van der Waals surface area contributed by atoms with E-state index in [1.165, 1.54) is 7.11 Å². The second-order valence-corrected chi connectivity index (χ2v) is 6.77. The van der Waals surface area contributed by atoms with Crippen molar-refractivity contribution < 1.29 is 17.9 Å². The van der Waals surface area contributed by atoms with Crippen LogP contribution in [0.3, 0.4) is 0 Å². The Hall–Kier alpha value is -1.47. The summed E-state index contributed by atoms with van der Waals surface area (Å²) in [6.45, 7) is 0.133. The molecule has 1 aromatic heterocycles. The first kappa shape index (κ1) is 14.9. The van der Waals surface area contributed by atoms with Crippen molar-refractivity contribution in [1.29, 1.82) is 0 Å². The average molecular weight is 298 g/mol. The van der Waals surface area contributed by atoms with Crippen molar-refractivity contribution in [3.05, 3.63) is 30.1 Å². The van der Waals surface area contributed by atoms with Crippen LogP contribution in [-0.2, 0) is 26.1 Å². The van der Waals surface area contributed by atoms with Gasteiger partial charge in [-0.1, -0.05) is 12.5 Å². The van der Waals surface area contributed by atoms with Gasteiger partial charge < -0.3 is 4.74 Å². The Morgan fingerprint density at radius 2 is 2.25 bits per heavy atom. The third-order valence-electron chi connectivity index (χ3n) is 3.54. The lowest BCUT2D eigenvalue weighted by molar-refractivity contribution is -0.145. The number of hydrogen-bond donors (Lipinski definition) is 1. The monoisotopic (exact) mass is 298 g/mol. The number of rotatable bonds is 5. The van der Waals surface area contributed by atoms with E-state index < -0.39 is 27.2 Å². The zero-order chi connectivity index (χ0) is 14.6. The molecule has 7 heteroatoms.